The van der Waals surface area contributed by atoms with Crippen molar-refractivity contribution in [1.29, 1.82) is 0 Å². The molecule has 3 amide bonds. The van der Waals surface area contributed by atoms with Crippen LogP contribution in [0, 0.1) is 5.92 Å². The molecule has 1 aromatic carbocycles. The third-order valence-corrected chi connectivity index (χ3v) is 6.79. The van der Waals surface area contributed by atoms with Gasteiger partial charge in [-0.15, -0.1) is 0 Å². The number of ether oxygens (including phenoxy) is 1. The van der Waals surface area contributed by atoms with E-state index in [0.29, 0.717) is 36.9 Å². The largest absolute Gasteiger partial charge is 0.383 e. The monoisotopic (exact) mass is 474 g/mol. The molecule has 1 N–H and O–H groups in total. The van der Waals surface area contributed by atoms with E-state index in [1.165, 1.54) is 18.2 Å². The smallest absolute Gasteiger partial charge is 0.262 e. The number of hydrogen-bond donors (Lipinski definition) is 1. The summed E-state index contributed by atoms with van der Waals surface area (Å²) in [5, 5.41) is 3.10. The van der Waals surface area contributed by atoms with Crippen LogP contribution in [-0.4, -0.2) is 77.8 Å². The van der Waals surface area contributed by atoms with Crippen molar-refractivity contribution in [3.8, 4) is 0 Å². The number of piperidine rings is 1. The fourth-order valence-corrected chi connectivity index (χ4v) is 5.02. The van der Waals surface area contributed by atoms with Gasteiger partial charge in [-0.3, -0.25) is 14.4 Å². The van der Waals surface area contributed by atoms with Gasteiger partial charge in [0.05, 0.1) is 6.61 Å². The summed E-state index contributed by atoms with van der Waals surface area (Å²) in [7, 11) is 1.62. The molecule has 9 heteroatoms. The van der Waals surface area contributed by atoms with Crippen molar-refractivity contribution in [3.05, 3.63) is 29.8 Å². The standard InChI is InChI=1S/C24H34N4O4S/c1-17(2)16-28(13-14-32-3)23(31)18-7-9-19(10-8-18)25-21(29)15-20-22(30)26-24(33-20)27-11-5-4-6-12-27/h7-10,17,20H,4-6,11-16H2,1-3H3,(H,25,29). The van der Waals surface area contributed by atoms with Crippen LogP contribution in [0.2, 0.25) is 0 Å². The molecule has 2 aliphatic heterocycles. The van der Waals surface area contributed by atoms with Crippen LogP contribution in [0.3, 0.4) is 0 Å². The minimum atomic E-state index is -0.479. The summed E-state index contributed by atoms with van der Waals surface area (Å²) >= 11 is 1.39. The molecule has 0 spiro atoms. The number of nitrogens with zero attached hydrogens (tertiary/aromatic N) is 3. The predicted molar refractivity (Wildman–Crippen MR) is 132 cm³/mol. The van der Waals surface area contributed by atoms with Gasteiger partial charge >= 0.3 is 0 Å². The molecule has 33 heavy (non-hydrogen) atoms. The Hall–Kier alpha value is -2.39. The normalized spacial score (nSPS) is 18.4. The molecule has 0 aromatic heterocycles. The second-order valence-corrected chi connectivity index (χ2v) is 10.0. The molecule has 8 nitrogen and oxygen atoms in total. The third kappa shape index (κ3) is 7.30. The van der Waals surface area contributed by atoms with E-state index < -0.39 is 5.25 Å². The van der Waals surface area contributed by atoms with Crippen LogP contribution in [0.4, 0.5) is 5.69 Å². The minimum absolute atomic E-state index is 0.0611. The summed E-state index contributed by atoms with van der Waals surface area (Å²) in [6, 6.07) is 6.86. The summed E-state index contributed by atoms with van der Waals surface area (Å²) in [6.45, 7) is 7.63. The molecule has 0 bridgehead atoms. The number of rotatable bonds is 9. The van der Waals surface area contributed by atoms with Crippen LogP contribution in [-0.2, 0) is 14.3 Å². The average Bonchev–Trinajstić information content (AvgIpc) is 3.17. The van der Waals surface area contributed by atoms with Crippen molar-refractivity contribution < 1.29 is 19.1 Å². The van der Waals surface area contributed by atoms with E-state index >= 15 is 0 Å². The van der Waals surface area contributed by atoms with E-state index in [2.05, 4.69) is 29.1 Å². The summed E-state index contributed by atoms with van der Waals surface area (Å²) in [4.78, 5) is 45.8. The number of likely N-dealkylation sites (tertiary alicyclic amines) is 1. The van der Waals surface area contributed by atoms with Gasteiger partial charge in [-0.25, -0.2) is 0 Å². The van der Waals surface area contributed by atoms with Gasteiger partial charge in [0.1, 0.15) is 5.25 Å². The van der Waals surface area contributed by atoms with Gasteiger partial charge in [-0.05, 0) is 49.4 Å². The molecule has 3 rings (SSSR count). The highest BCUT2D eigenvalue weighted by atomic mass is 32.2. The molecule has 1 aromatic rings. The first-order valence-corrected chi connectivity index (χ1v) is 12.5. The Morgan fingerprint density at radius 3 is 2.55 bits per heavy atom. The van der Waals surface area contributed by atoms with Crippen LogP contribution in [0.5, 0.6) is 0 Å². The number of thioether (sulfide) groups is 1. The second-order valence-electron chi connectivity index (χ2n) is 8.85. The maximum atomic E-state index is 12.9. The molecule has 2 aliphatic rings. The van der Waals surface area contributed by atoms with Gasteiger partial charge in [0.15, 0.2) is 5.17 Å². The number of anilines is 1. The fraction of sp³-hybridized carbons (Fsp3) is 0.583. The quantitative estimate of drug-likeness (QED) is 0.591. The highest BCUT2D eigenvalue weighted by molar-refractivity contribution is 8.15. The number of amidine groups is 1. The van der Waals surface area contributed by atoms with E-state index in [0.717, 1.165) is 31.1 Å². The van der Waals surface area contributed by atoms with Crippen molar-refractivity contribution in [1.82, 2.24) is 9.80 Å². The molecule has 1 saturated heterocycles. The first-order valence-electron chi connectivity index (χ1n) is 11.6. The molecular formula is C24H34N4O4S. The summed E-state index contributed by atoms with van der Waals surface area (Å²) in [5.41, 5.74) is 1.15. The van der Waals surface area contributed by atoms with E-state index in [9.17, 15) is 14.4 Å². The predicted octanol–water partition coefficient (Wildman–Crippen LogP) is 3.24. The number of methoxy groups -OCH3 is 1. The van der Waals surface area contributed by atoms with Gasteiger partial charge in [0.25, 0.3) is 11.8 Å². The van der Waals surface area contributed by atoms with Gasteiger partial charge in [-0.2, -0.15) is 4.99 Å². The molecule has 1 fully saturated rings. The van der Waals surface area contributed by atoms with Gasteiger partial charge in [0.2, 0.25) is 5.91 Å². The SMILES string of the molecule is COCCN(CC(C)C)C(=O)c1ccc(NC(=O)CC2SC(N3CCCCC3)=NC2=O)cc1. The zero-order valence-corrected chi connectivity index (χ0v) is 20.5. The number of benzene rings is 1. The number of aliphatic imine (C=N–C) groups is 1. The molecule has 1 unspecified atom stereocenters. The molecule has 2 heterocycles. The first kappa shape index (κ1) is 25.2. The molecule has 0 saturated carbocycles. The lowest BCUT2D eigenvalue weighted by molar-refractivity contribution is -0.121. The van der Waals surface area contributed by atoms with E-state index in [1.54, 1.807) is 36.3 Å². The number of carbonyl (C=O) groups is 3. The van der Waals surface area contributed by atoms with E-state index in [4.69, 9.17) is 4.74 Å². The van der Waals surface area contributed by atoms with Crippen LogP contribution in [0.1, 0.15) is 49.9 Å². The lowest BCUT2D eigenvalue weighted by Crippen LogP contribution is -2.36. The lowest BCUT2D eigenvalue weighted by Gasteiger charge is -2.27. The van der Waals surface area contributed by atoms with Crippen molar-refractivity contribution in [2.24, 2.45) is 10.9 Å². The Labute approximate surface area is 200 Å². The highest BCUT2D eigenvalue weighted by Gasteiger charge is 2.33. The topological polar surface area (TPSA) is 91.3 Å². The van der Waals surface area contributed by atoms with Crippen LogP contribution in [0.15, 0.2) is 29.3 Å². The number of nitrogens with one attached hydrogen (secondary N) is 1. The van der Waals surface area contributed by atoms with Crippen molar-refractivity contribution in [2.75, 3.05) is 45.2 Å². The highest BCUT2D eigenvalue weighted by Crippen LogP contribution is 2.29. The Morgan fingerprint density at radius 1 is 1.21 bits per heavy atom. The summed E-state index contributed by atoms with van der Waals surface area (Å²) < 4.78 is 5.13. The van der Waals surface area contributed by atoms with Gasteiger partial charge in [-0.1, -0.05) is 25.6 Å². The van der Waals surface area contributed by atoms with Gasteiger partial charge < -0.3 is 19.9 Å². The maximum Gasteiger partial charge on any atom is 0.262 e. The Balaban J connectivity index is 1.52. The van der Waals surface area contributed by atoms with Crippen LogP contribution < -0.4 is 5.32 Å². The van der Waals surface area contributed by atoms with Crippen molar-refractivity contribution >= 4 is 40.3 Å². The fourth-order valence-electron chi connectivity index (χ4n) is 3.91. The zero-order chi connectivity index (χ0) is 23.8. The summed E-state index contributed by atoms with van der Waals surface area (Å²) in [6.07, 6.45) is 3.50. The van der Waals surface area contributed by atoms with Crippen molar-refractivity contribution in [3.63, 3.8) is 0 Å². The Morgan fingerprint density at radius 2 is 1.91 bits per heavy atom. The Bertz CT molecular complexity index is 866. The van der Waals surface area contributed by atoms with Crippen LogP contribution in [0.25, 0.3) is 0 Å². The molecule has 180 valence electrons. The maximum absolute atomic E-state index is 12.9. The van der Waals surface area contributed by atoms with Gasteiger partial charge in [0, 0.05) is 51.0 Å². The minimum Gasteiger partial charge on any atom is -0.383 e. The third-order valence-electron chi connectivity index (χ3n) is 5.58. The van der Waals surface area contributed by atoms with Crippen molar-refractivity contribution in [2.45, 2.75) is 44.8 Å². The lowest BCUT2D eigenvalue weighted by atomic mass is 10.1. The first-order chi connectivity index (χ1) is 15.9. The second kappa shape index (κ2) is 12.2. The molecule has 0 radical (unpaired) electrons. The van der Waals surface area contributed by atoms with E-state index in [-0.39, 0.29) is 24.1 Å². The molecular weight excluding hydrogens is 440 g/mol. The Kier molecular flexibility index (Phi) is 9.31. The average molecular weight is 475 g/mol. The zero-order valence-electron chi connectivity index (χ0n) is 19.7. The molecule has 0 aliphatic carbocycles. The molecule has 1 atom stereocenters. The number of carbonyl (C=O) groups excluding carboxylic acids is 3. The summed E-state index contributed by atoms with van der Waals surface area (Å²) in [5.74, 6) is -0.191. The number of hydrogen-bond acceptors (Lipinski definition) is 6. The van der Waals surface area contributed by atoms with Crippen LogP contribution >= 0.6 is 11.8 Å². The number of amides is 3. The van der Waals surface area contributed by atoms with E-state index in [1.807, 2.05) is 0 Å².